The van der Waals surface area contributed by atoms with Crippen molar-refractivity contribution in [1.82, 2.24) is 0 Å². The Morgan fingerprint density at radius 1 is 1.24 bits per heavy atom. The van der Waals surface area contributed by atoms with Gasteiger partial charge < -0.3 is 14.6 Å². The van der Waals surface area contributed by atoms with E-state index in [1.165, 1.54) is 12.8 Å². The Morgan fingerprint density at radius 2 is 2.05 bits per heavy atom. The predicted molar refractivity (Wildman–Crippen MR) is 76.5 cm³/mol. The molecule has 1 aliphatic heterocycles. The molecule has 8 atom stereocenters. The number of hydrogen-bond acceptors (Lipinski definition) is 4. The maximum atomic E-state index is 12.3. The summed E-state index contributed by atoms with van der Waals surface area (Å²) in [6, 6.07) is 0. The highest BCUT2D eigenvalue weighted by Crippen LogP contribution is 2.49. The van der Waals surface area contributed by atoms with Gasteiger partial charge >= 0.3 is 5.97 Å². The van der Waals surface area contributed by atoms with Gasteiger partial charge in [-0.05, 0) is 62.7 Å². The third-order valence-electron chi connectivity index (χ3n) is 6.42. The number of ether oxygens (including phenoxy) is 2. The van der Waals surface area contributed by atoms with Crippen LogP contribution < -0.4 is 0 Å². The summed E-state index contributed by atoms with van der Waals surface area (Å²) in [5, 5.41) is 9.95. The Kier molecular flexibility index (Phi) is 3.49. The largest absolute Gasteiger partial charge is 0.465 e. The van der Waals surface area contributed by atoms with E-state index in [1.807, 2.05) is 0 Å². The van der Waals surface area contributed by atoms with E-state index in [-0.39, 0.29) is 23.9 Å². The first-order valence-corrected chi connectivity index (χ1v) is 8.63. The quantitative estimate of drug-likeness (QED) is 0.637. The summed E-state index contributed by atoms with van der Waals surface area (Å²) in [5.74, 6) is 1.66. The van der Waals surface area contributed by atoms with Gasteiger partial charge in [-0.15, -0.1) is 0 Å². The molecule has 4 heteroatoms. The van der Waals surface area contributed by atoms with E-state index < -0.39 is 0 Å². The van der Waals surface area contributed by atoms with E-state index in [4.69, 9.17) is 9.47 Å². The Balaban J connectivity index is 1.29. The van der Waals surface area contributed by atoms with E-state index in [9.17, 15) is 9.90 Å². The fourth-order valence-corrected chi connectivity index (χ4v) is 5.24. The lowest BCUT2D eigenvalue weighted by Gasteiger charge is -2.25. The molecule has 2 bridgehead atoms. The van der Waals surface area contributed by atoms with Crippen molar-refractivity contribution in [1.29, 1.82) is 0 Å². The van der Waals surface area contributed by atoms with E-state index in [1.54, 1.807) is 0 Å². The summed E-state index contributed by atoms with van der Waals surface area (Å²) >= 11 is 0. The van der Waals surface area contributed by atoms with E-state index in [0.29, 0.717) is 36.6 Å². The van der Waals surface area contributed by atoms with Crippen LogP contribution in [-0.4, -0.2) is 36.0 Å². The zero-order chi connectivity index (χ0) is 14.6. The molecule has 118 valence electrons. The summed E-state index contributed by atoms with van der Waals surface area (Å²) in [6.07, 6.45) is 6.95. The van der Waals surface area contributed by atoms with Crippen molar-refractivity contribution >= 4 is 5.97 Å². The van der Waals surface area contributed by atoms with Crippen LogP contribution in [0.1, 0.15) is 45.4 Å². The van der Waals surface area contributed by atoms with E-state index >= 15 is 0 Å². The molecule has 4 fully saturated rings. The van der Waals surface area contributed by atoms with Gasteiger partial charge in [0.2, 0.25) is 0 Å². The second kappa shape index (κ2) is 5.24. The van der Waals surface area contributed by atoms with E-state index in [0.717, 1.165) is 25.7 Å². The molecule has 4 nitrogen and oxygen atoms in total. The van der Waals surface area contributed by atoms with Crippen LogP contribution in [-0.2, 0) is 14.3 Å². The van der Waals surface area contributed by atoms with Crippen molar-refractivity contribution in [2.75, 3.05) is 6.61 Å². The summed E-state index contributed by atoms with van der Waals surface area (Å²) in [6.45, 7) is 2.68. The predicted octanol–water partition coefficient (Wildman–Crippen LogP) is 2.14. The van der Waals surface area contributed by atoms with Gasteiger partial charge in [0.1, 0.15) is 0 Å². The normalized spacial score (nSPS) is 51.3. The number of epoxide rings is 1. The molecular formula is C17H26O4. The summed E-state index contributed by atoms with van der Waals surface area (Å²) in [7, 11) is 0. The Bertz CT molecular complexity index is 423. The SMILES string of the molecule is CC1OC1C1CCCC1COC(=O)C1CC2CC(O)C1C2. The highest BCUT2D eigenvalue weighted by Gasteiger charge is 2.50. The van der Waals surface area contributed by atoms with Crippen LogP contribution >= 0.6 is 0 Å². The highest BCUT2D eigenvalue weighted by molar-refractivity contribution is 5.73. The summed E-state index contributed by atoms with van der Waals surface area (Å²) in [5.41, 5.74) is 0. The zero-order valence-corrected chi connectivity index (χ0v) is 12.7. The number of rotatable bonds is 4. The molecule has 3 aliphatic carbocycles. The summed E-state index contributed by atoms with van der Waals surface area (Å²) in [4.78, 5) is 12.3. The molecule has 0 aromatic heterocycles. The third kappa shape index (κ3) is 2.50. The number of fused-ring (bicyclic) bond motifs is 2. The zero-order valence-electron chi connectivity index (χ0n) is 12.7. The van der Waals surface area contributed by atoms with E-state index in [2.05, 4.69) is 6.92 Å². The molecule has 0 radical (unpaired) electrons. The maximum absolute atomic E-state index is 12.3. The van der Waals surface area contributed by atoms with Gasteiger partial charge in [-0.1, -0.05) is 6.42 Å². The number of hydrogen-bond donors (Lipinski definition) is 1. The second-order valence-electron chi connectivity index (χ2n) is 7.70. The molecule has 1 N–H and O–H groups in total. The lowest BCUT2D eigenvalue weighted by atomic mass is 9.86. The fourth-order valence-electron chi connectivity index (χ4n) is 5.24. The lowest BCUT2D eigenvalue weighted by Crippen LogP contribution is -2.32. The van der Waals surface area contributed by atoms with Crippen molar-refractivity contribution in [3.63, 3.8) is 0 Å². The van der Waals surface area contributed by atoms with Crippen molar-refractivity contribution in [2.24, 2.45) is 29.6 Å². The lowest BCUT2D eigenvalue weighted by molar-refractivity contribution is -0.154. The molecule has 1 saturated heterocycles. The first-order chi connectivity index (χ1) is 10.1. The molecule has 1 heterocycles. The molecule has 8 unspecified atom stereocenters. The van der Waals surface area contributed by atoms with Crippen LogP contribution in [0.25, 0.3) is 0 Å². The standard InChI is InChI=1S/C17H26O4/c1-9-16(21-9)12-4-2-3-11(12)8-20-17(19)14-6-10-5-13(14)15(18)7-10/h9-16,18H,2-8H2,1H3. The average molecular weight is 294 g/mol. The van der Waals surface area contributed by atoms with Crippen molar-refractivity contribution in [3.05, 3.63) is 0 Å². The molecule has 0 spiro atoms. The number of carbonyl (C=O) groups excluding carboxylic acids is 1. The molecule has 0 aromatic carbocycles. The molecule has 0 amide bonds. The van der Waals surface area contributed by atoms with Crippen LogP contribution in [0.15, 0.2) is 0 Å². The maximum Gasteiger partial charge on any atom is 0.309 e. The Labute approximate surface area is 126 Å². The molecule has 4 aliphatic rings. The van der Waals surface area contributed by atoms with Gasteiger partial charge in [0.25, 0.3) is 0 Å². The first-order valence-electron chi connectivity index (χ1n) is 8.63. The Hall–Kier alpha value is -0.610. The van der Waals surface area contributed by atoms with Gasteiger partial charge in [-0.2, -0.15) is 0 Å². The van der Waals surface area contributed by atoms with Crippen LogP contribution in [0.3, 0.4) is 0 Å². The smallest absolute Gasteiger partial charge is 0.309 e. The minimum absolute atomic E-state index is 0.0466. The van der Waals surface area contributed by atoms with Gasteiger partial charge in [0.15, 0.2) is 0 Å². The van der Waals surface area contributed by atoms with Crippen LogP contribution in [0, 0.1) is 29.6 Å². The number of esters is 1. The second-order valence-corrected chi connectivity index (χ2v) is 7.70. The molecule has 3 saturated carbocycles. The minimum atomic E-state index is -0.277. The number of aliphatic hydroxyl groups is 1. The first kappa shape index (κ1) is 14.0. The Morgan fingerprint density at radius 3 is 2.71 bits per heavy atom. The molecular weight excluding hydrogens is 268 g/mol. The molecule has 0 aromatic rings. The van der Waals surface area contributed by atoms with Gasteiger partial charge in [-0.25, -0.2) is 0 Å². The fraction of sp³-hybridized carbons (Fsp3) is 0.941. The van der Waals surface area contributed by atoms with Gasteiger partial charge in [0.05, 0.1) is 30.8 Å². The van der Waals surface area contributed by atoms with Crippen LogP contribution in [0.5, 0.6) is 0 Å². The monoisotopic (exact) mass is 294 g/mol. The van der Waals surface area contributed by atoms with Gasteiger partial charge in [-0.3, -0.25) is 4.79 Å². The molecule has 4 rings (SSSR count). The van der Waals surface area contributed by atoms with Crippen molar-refractivity contribution in [3.8, 4) is 0 Å². The number of carbonyl (C=O) groups is 1. The van der Waals surface area contributed by atoms with Crippen LogP contribution in [0.2, 0.25) is 0 Å². The topological polar surface area (TPSA) is 59.1 Å². The van der Waals surface area contributed by atoms with Crippen molar-refractivity contribution in [2.45, 2.75) is 63.8 Å². The minimum Gasteiger partial charge on any atom is -0.465 e. The average Bonchev–Trinajstić information content (AvgIpc) is 2.90. The van der Waals surface area contributed by atoms with Crippen LogP contribution in [0.4, 0.5) is 0 Å². The number of aliphatic hydroxyl groups excluding tert-OH is 1. The van der Waals surface area contributed by atoms with Gasteiger partial charge in [0, 0.05) is 0 Å². The van der Waals surface area contributed by atoms with Crippen molar-refractivity contribution < 1.29 is 19.4 Å². The highest BCUT2D eigenvalue weighted by atomic mass is 16.6. The molecule has 21 heavy (non-hydrogen) atoms. The third-order valence-corrected chi connectivity index (χ3v) is 6.42. The summed E-state index contributed by atoms with van der Waals surface area (Å²) < 4.78 is 11.3.